The van der Waals surface area contributed by atoms with Gasteiger partial charge in [0.05, 0.1) is 16.6 Å². The SMILES string of the molecule is NC(=O)c1cccc2[nH]c(-c3ccc(C4CCCC(CNCCCCCC5CCSS5)N4)cc3F)nc12. The third kappa shape index (κ3) is 6.69. The first-order valence-corrected chi connectivity index (χ1v) is 15.8. The number of hydrogen-bond donors (Lipinski definition) is 4. The third-order valence-corrected chi connectivity index (χ3v) is 10.4. The molecule has 6 nitrogen and oxygen atoms in total. The first kappa shape index (κ1) is 26.5. The first-order chi connectivity index (χ1) is 18.1. The number of carbonyl (C=O) groups is 1. The average Bonchev–Trinajstić information content (AvgIpc) is 3.58. The summed E-state index contributed by atoms with van der Waals surface area (Å²) >= 11 is 0. The van der Waals surface area contributed by atoms with Gasteiger partial charge in [0.1, 0.15) is 17.2 Å². The van der Waals surface area contributed by atoms with E-state index in [-0.39, 0.29) is 11.9 Å². The lowest BCUT2D eigenvalue weighted by Gasteiger charge is -2.31. The van der Waals surface area contributed by atoms with Crippen molar-refractivity contribution < 1.29 is 9.18 Å². The molecule has 37 heavy (non-hydrogen) atoms. The van der Waals surface area contributed by atoms with Crippen molar-refractivity contribution in [2.45, 2.75) is 68.7 Å². The number of hydrogen-bond acceptors (Lipinski definition) is 6. The van der Waals surface area contributed by atoms with Crippen LogP contribution < -0.4 is 16.4 Å². The number of imidazole rings is 1. The number of primary amides is 1. The number of benzene rings is 2. The Labute approximate surface area is 225 Å². The number of piperidine rings is 1. The van der Waals surface area contributed by atoms with Crippen LogP contribution in [0.2, 0.25) is 0 Å². The molecule has 2 aromatic carbocycles. The van der Waals surface area contributed by atoms with E-state index in [2.05, 4.69) is 31.4 Å². The molecule has 0 spiro atoms. The largest absolute Gasteiger partial charge is 0.366 e. The van der Waals surface area contributed by atoms with Gasteiger partial charge in [-0.05, 0) is 74.9 Å². The molecule has 3 atom stereocenters. The highest BCUT2D eigenvalue weighted by Crippen LogP contribution is 2.40. The molecular weight excluding hydrogens is 505 g/mol. The average molecular weight is 542 g/mol. The number of halogens is 1. The standard InChI is InChI=1S/C28H36FN5OS2/c29-23-16-18(11-12-21(23)28-33-25-10-5-8-22(27(30)35)26(25)34-28)24-9-4-6-19(32-24)17-31-14-3-1-2-7-20-13-15-36-37-20/h5,8,10-12,16,19-20,24,31-32H,1-4,6-7,9,13-15,17H2,(H2,30,35)(H,33,34). The topological polar surface area (TPSA) is 95.8 Å². The van der Waals surface area contributed by atoms with Gasteiger partial charge in [0.15, 0.2) is 0 Å². The second kappa shape index (κ2) is 12.7. The molecule has 1 amide bonds. The Morgan fingerprint density at radius 3 is 2.89 bits per heavy atom. The minimum Gasteiger partial charge on any atom is -0.366 e. The predicted octanol–water partition coefficient (Wildman–Crippen LogP) is 5.95. The zero-order valence-corrected chi connectivity index (χ0v) is 22.7. The third-order valence-electron chi connectivity index (χ3n) is 7.41. The van der Waals surface area contributed by atoms with Gasteiger partial charge in [-0.25, -0.2) is 9.37 Å². The molecule has 2 saturated heterocycles. The predicted molar refractivity (Wildman–Crippen MR) is 153 cm³/mol. The molecule has 5 N–H and O–H groups in total. The van der Waals surface area contributed by atoms with Gasteiger partial charge in [0, 0.05) is 29.6 Å². The number of nitrogens with two attached hydrogens (primary N) is 1. The molecule has 0 aliphatic carbocycles. The second-order valence-electron chi connectivity index (χ2n) is 10.1. The number of rotatable bonds is 11. The summed E-state index contributed by atoms with van der Waals surface area (Å²) in [5, 5.41) is 8.24. The van der Waals surface area contributed by atoms with Gasteiger partial charge >= 0.3 is 0 Å². The smallest absolute Gasteiger partial charge is 0.250 e. The van der Waals surface area contributed by atoms with Gasteiger partial charge in [-0.15, -0.1) is 0 Å². The van der Waals surface area contributed by atoms with Gasteiger partial charge in [-0.3, -0.25) is 4.79 Å². The summed E-state index contributed by atoms with van der Waals surface area (Å²) in [7, 11) is 4.11. The van der Waals surface area contributed by atoms with Gasteiger partial charge in [0.2, 0.25) is 0 Å². The number of carbonyl (C=O) groups excluding carboxylic acids is 1. The number of nitrogens with zero attached hydrogens (tertiary/aromatic N) is 1. The second-order valence-corrected chi connectivity index (χ2v) is 12.9. The molecule has 3 aromatic rings. The van der Waals surface area contributed by atoms with Crippen molar-refractivity contribution in [2.75, 3.05) is 18.8 Å². The van der Waals surface area contributed by atoms with Crippen LogP contribution in [0, 0.1) is 5.82 Å². The van der Waals surface area contributed by atoms with E-state index in [1.807, 2.05) is 16.9 Å². The van der Waals surface area contributed by atoms with Crippen molar-refractivity contribution >= 4 is 38.5 Å². The van der Waals surface area contributed by atoms with Crippen LogP contribution in [0.5, 0.6) is 0 Å². The van der Waals surface area contributed by atoms with E-state index in [1.54, 1.807) is 30.3 Å². The quantitative estimate of drug-likeness (QED) is 0.177. The Kier molecular flexibility index (Phi) is 9.07. The molecule has 9 heteroatoms. The molecule has 5 rings (SSSR count). The fraction of sp³-hybridized carbons (Fsp3) is 0.500. The molecule has 198 valence electrons. The highest BCUT2D eigenvalue weighted by Gasteiger charge is 2.23. The molecule has 2 fully saturated rings. The highest BCUT2D eigenvalue weighted by molar-refractivity contribution is 8.77. The fourth-order valence-corrected chi connectivity index (χ4v) is 8.41. The molecule has 1 aromatic heterocycles. The number of aromatic amines is 1. The summed E-state index contributed by atoms with van der Waals surface area (Å²) in [5.41, 5.74) is 8.26. The van der Waals surface area contributed by atoms with E-state index in [0.29, 0.717) is 34.0 Å². The van der Waals surface area contributed by atoms with Crippen molar-refractivity contribution in [3.05, 3.63) is 53.3 Å². The van der Waals surface area contributed by atoms with Gasteiger partial charge in [0.25, 0.3) is 5.91 Å². The monoisotopic (exact) mass is 541 g/mol. The summed E-state index contributed by atoms with van der Waals surface area (Å²) in [6.45, 7) is 2.01. The number of H-pyrrole nitrogens is 1. The summed E-state index contributed by atoms with van der Waals surface area (Å²) in [6, 6.07) is 11.1. The van der Waals surface area contributed by atoms with Crippen LogP contribution in [0.3, 0.4) is 0 Å². The van der Waals surface area contributed by atoms with Crippen LogP contribution in [0.4, 0.5) is 4.39 Å². The molecular formula is C28H36FN5OS2. The van der Waals surface area contributed by atoms with E-state index >= 15 is 4.39 Å². The zero-order valence-electron chi connectivity index (χ0n) is 21.1. The lowest BCUT2D eigenvalue weighted by atomic mass is 9.92. The van der Waals surface area contributed by atoms with Gasteiger partial charge in [-0.2, -0.15) is 0 Å². The van der Waals surface area contributed by atoms with Gasteiger partial charge in [-0.1, -0.05) is 46.6 Å². The number of amides is 1. The van der Waals surface area contributed by atoms with Crippen molar-refractivity contribution in [3.63, 3.8) is 0 Å². The molecule has 2 aliphatic heterocycles. The van der Waals surface area contributed by atoms with E-state index in [0.717, 1.165) is 43.2 Å². The van der Waals surface area contributed by atoms with Crippen LogP contribution in [-0.4, -0.2) is 46.0 Å². The molecule has 0 saturated carbocycles. The first-order valence-electron chi connectivity index (χ1n) is 13.4. The van der Waals surface area contributed by atoms with Crippen molar-refractivity contribution in [3.8, 4) is 11.4 Å². The van der Waals surface area contributed by atoms with E-state index < -0.39 is 5.91 Å². The molecule has 3 heterocycles. The number of unbranched alkanes of at least 4 members (excludes halogenated alkanes) is 2. The summed E-state index contributed by atoms with van der Waals surface area (Å²) in [6.07, 6.45) is 9.89. The molecule has 3 unspecified atom stereocenters. The number of para-hydroxylation sites is 1. The molecule has 0 bridgehead atoms. The number of aromatic nitrogens is 2. The van der Waals surface area contributed by atoms with E-state index in [1.165, 1.54) is 37.9 Å². The minimum atomic E-state index is -0.551. The fourth-order valence-electron chi connectivity index (χ4n) is 5.38. The Morgan fingerprint density at radius 2 is 2.08 bits per heavy atom. The highest BCUT2D eigenvalue weighted by atomic mass is 33.1. The van der Waals surface area contributed by atoms with Crippen molar-refractivity contribution in [2.24, 2.45) is 5.73 Å². The Bertz CT molecular complexity index is 1210. The van der Waals surface area contributed by atoms with Crippen molar-refractivity contribution in [1.82, 2.24) is 20.6 Å². The number of nitrogens with one attached hydrogen (secondary N) is 3. The summed E-state index contributed by atoms with van der Waals surface area (Å²) in [4.78, 5) is 19.3. The summed E-state index contributed by atoms with van der Waals surface area (Å²) in [5.74, 6) is 0.842. The lowest BCUT2D eigenvalue weighted by molar-refractivity contribution is 0.100. The maximum Gasteiger partial charge on any atom is 0.250 e. The van der Waals surface area contributed by atoms with Crippen LogP contribution in [-0.2, 0) is 0 Å². The van der Waals surface area contributed by atoms with Crippen LogP contribution in [0.15, 0.2) is 36.4 Å². The zero-order chi connectivity index (χ0) is 25.6. The van der Waals surface area contributed by atoms with E-state index in [9.17, 15) is 4.79 Å². The normalized spacial score (nSPS) is 22.0. The maximum absolute atomic E-state index is 15.2. The summed E-state index contributed by atoms with van der Waals surface area (Å²) < 4.78 is 15.2. The van der Waals surface area contributed by atoms with Crippen LogP contribution >= 0.6 is 21.6 Å². The van der Waals surface area contributed by atoms with Crippen molar-refractivity contribution in [1.29, 1.82) is 0 Å². The Morgan fingerprint density at radius 1 is 1.16 bits per heavy atom. The maximum atomic E-state index is 15.2. The van der Waals surface area contributed by atoms with Crippen LogP contribution in [0.1, 0.15) is 73.3 Å². The Hall–Kier alpha value is -2.07. The molecule has 0 radical (unpaired) electrons. The number of fused-ring (bicyclic) bond motifs is 1. The minimum absolute atomic E-state index is 0.142. The van der Waals surface area contributed by atoms with Gasteiger partial charge < -0.3 is 21.4 Å². The lowest BCUT2D eigenvalue weighted by Crippen LogP contribution is -2.43. The Balaban J connectivity index is 1.13. The van der Waals surface area contributed by atoms with Crippen LogP contribution in [0.25, 0.3) is 22.4 Å². The molecule has 2 aliphatic rings. The van der Waals surface area contributed by atoms with E-state index in [4.69, 9.17) is 5.73 Å².